The lowest BCUT2D eigenvalue weighted by atomic mass is 9.92. The SMILES string of the molecule is CCCCCCC(CC)C1CN(C)CCO1. The van der Waals surface area contributed by atoms with E-state index in [0.29, 0.717) is 6.10 Å². The summed E-state index contributed by atoms with van der Waals surface area (Å²) in [5.41, 5.74) is 0. The Kier molecular flexibility index (Phi) is 7.06. The van der Waals surface area contributed by atoms with Gasteiger partial charge in [-0.25, -0.2) is 0 Å². The van der Waals surface area contributed by atoms with Gasteiger partial charge in [-0.1, -0.05) is 46.0 Å². The molecule has 2 heteroatoms. The van der Waals surface area contributed by atoms with Crippen LogP contribution in [0.2, 0.25) is 0 Å². The summed E-state index contributed by atoms with van der Waals surface area (Å²) >= 11 is 0. The first-order valence-corrected chi connectivity index (χ1v) is 7.08. The highest BCUT2D eigenvalue weighted by Crippen LogP contribution is 2.22. The van der Waals surface area contributed by atoms with Crippen molar-refractivity contribution in [2.75, 3.05) is 26.7 Å². The number of ether oxygens (including phenoxy) is 1. The maximum absolute atomic E-state index is 5.92. The van der Waals surface area contributed by atoms with Crippen LogP contribution < -0.4 is 0 Å². The Morgan fingerprint density at radius 1 is 1.25 bits per heavy atom. The highest BCUT2D eigenvalue weighted by atomic mass is 16.5. The molecule has 0 saturated carbocycles. The van der Waals surface area contributed by atoms with Crippen LogP contribution in [-0.4, -0.2) is 37.7 Å². The molecule has 0 amide bonds. The number of likely N-dealkylation sites (N-methyl/N-ethyl adjacent to an activating group) is 1. The van der Waals surface area contributed by atoms with Crippen molar-refractivity contribution in [2.24, 2.45) is 5.92 Å². The lowest BCUT2D eigenvalue weighted by Crippen LogP contribution is -2.43. The minimum atomic E-state index is 0.491. The van der Waals surface area contributed by atoms with Gasteiger partial charge in [0.15, 0.2) is 0 Å². The normalized spacial score (nSPS) is 24.6. The van der Waals surface area contributed by atoms with Crippen LogP contribution in [0.3, 0.4) is 0 Å². The Bertz CT molecular complexity index is 172. The van der Waals surface area contributed by atoms with Gasteiger partial charge in [-0.15, -0.1) is 0 Å². The topological polar surface area (TPSA) is 12.5 Å². The molecule has 96 valence electrons. The van der Waals surface area contributed by atoms with Gasteiger partial charge in [0.05, 0.1) is 12.7 Å². The van der Waals surface area contributed by atoms with Gasteiger partial charge in [-0.3, -0.25) is 0 Å². The number of nitrogens with zero attached hydrogens (tertiary/aromatic N) is 1. The van der Waals surface area contributed by atoms with E-state index < -0.39 is 0 Å². The molecular weight excluding hydrogens is 198 g/mol. The third-order valence-corrected chi connectivity index (χ3v) is 3.78. The summed E-state index contributed by atoms with van der Waals surface area (Å²) < 4.78 is 5.92. The summed E-state index contributed by atoms with van der Waals surface area (Å²) in [5.74, 6) is 0.777. The fourth-order valence-corrected chi connectivity index (χ4v) is 2.58. The van der Waals surface area contributed by atoms with Gasteiger partial charge in [0.2, 0.25) is 0 Å². The molecule has 0 radical (unpaired) electrons. The molecule has 1 fully saturated rings. The Balaban J connectivity index is 2.23. The first-order valence-electron chi connectivity index (χ1n) is 7.08. The molecule has 1 saturated heterocycles. The van der Waals surface area contributed by atoms with Crippen molar-refractivity contribution in [1.29, 1.82) is 0 Å². The van der Waals surface area contributed by atoms with Crippen LogP contribution >= 0.6 is 0 Å². The molecule has 2 nitrogen and oxygen atoms in total. The molecule has 2 unspecified atom stereocenters. The van der Waals surface area contributed by atoms with E-state index in [4.69, 9.17) is 4.74 Å². The van der Waals surface area contributed by atoms with Crippen LogP contribution in [0, 0.1) is 5.92 Å². The van der Waals surface area contributed by atoms with Gasteiger partial charge in [0.25, 0.3) is 0 Å². The second-order valence-corrected chi connectivity index (χ2v) is 5.19. The monoisotopic (exact) mass is 227 g/mol. The van der Waals surface area contributed by atoms with Gasteiger partial charge in [0, 0.05) is 13.1 Å². The van der Waals surface area contributed by atoms with E-state index in [1.165, 1.54) is 38.5 Å². The summed E-state index contributed by atoms with van der Waals surface area (Å²) in [6.07, 6.45) is 8.62. The Morgan fingerprint density at radius 3 is 2.69 bits per heavy atom. The summed E-state index contributed by atoms with van der Waals surface area (Å²) in [5, 5.41) is 0. The second kappa shape index (κ2) is 8.08. The average molecular weight is 227 g/mol. The smallest absolute Gasteiger partial charge is 0.0730 e. The molecule has 1 heterocycles. The maximum atomic E-state index is 5.92. The minimum absolute atomic E-state index is 0.491. The largest absolute Gasteiger partial charge is 0.375 e. The first-order chi connectivity index (χ1) is 7.77. The van der Waals surface area contributed by atoms with Crippen molar-refractivity contribution in [3.05, 3.63) is 0 Å². The maximum Gasteiger partial charge on any atom is 0.0730 e. The highest BCUT2D eigenvalue weighted by Gasteiger charge is 2.24. The lowest BCUT2D eigenvalue weighted by Gasteiger charge is -2.35. The van der Waals surface area contributed by atoms with Crippen molar-refractivity contribution >= 4 is 0 Å². The number of unbranched alkanes of at least 4 members (excludes halogenated alkanes) is 3. The molecule has 2 atom stereocenters. The van der Waals surface area contributed by atoms with E-state index in [1.807, 2.05) is 0 Å². The molecule has 0 aliphatic carbocycles. The van der Waals surface area contributed by atoms with E-state index >= 15 is 0 Å². The van der Waals surface area contributed by atoms with Crippen LogP contribution in [0.1, 0.15) is 52.4 Å². The minimum Gasteiger partial charge on any atom is -0.375 e. The van der Waals surface area contributed by atoms with Crippen LogP contribution in [0.5, 0.6) is 0 Å². The molecule has 0 bridgehead atoms. The third kappa shape index (κ3) is 4.84. The second-order valence-electron chi connectivity index (χ2n) is 5.19. The quantitative estimate of drug-likeness (QED) is 0.619. The number of rotatable bonds is 7. The summed E-state index contributed by atoms with van der Waals surface area (Å²) in [6, 6.07) is 0. The molecule has 0 N–H and O–H groups in total. The van der Waals surface area contributed by atoms with Gasteiger partial charge < -0.3 is 9.64 Å². The van der Waals surface area contributed by atoms with Crippen LogP contribution in [0.25, 0.3) is 0 Å². The van der Waals surface area contributed by atoms with Crippen molar-refractivity contribution in [3.63, 3.8) is 0 Å². The molecular formula is C14H29NO. The first kappa shape index (κ1) is 14.0. The van der Waals surface area contributed by atoms with Gasteiger partial charge in [-0.2, -0.15) is 0 Å². The van der Waals surface area contributed by atoms with E-state index in [1.54, 1.807) is 0 Å². The highest BCUT2D eigenvalue weighted by molar-refractivity contribution is 4.76. The molecule has 1 rings (SSSR count). The zero-order valence-electron chi connectivity index (χ0n) is 11.4. The van der Waals surface area contributed by atoms with Gasteiger partial charge >= 0.3 is 0 Å². The zero-order chi connectivity index (χ0) is 11.8. The van der Waals surface area contributed by atoms with Gasteiger partial charge in [-0.05, 0) is 19.4 Å². The molecule has 1 aliphatic rings. The van der Waals surface area contributed by atoms with Crippen molar-refractivity contribution in [3.8, 4) is 0 Å². The van der Waals surface area contributed by atoms with E-state index in [0.717, 1.165) is 25.6 Å². The molecule has 0 spiro atoms. The fourth-order valence-electron chi connectivity index (χ4n) is 2.58. The van der Waals surface area contributed by atoms with Crippen molar-refractivity contribution in [2.45, 2.75) is 58.5 Å². The van der Waals surface area contributed by atoms with Crippen LogP contribution in [-0.2, 0) is 4.74 Å². The predicted octanol–water partition coefficient (Wildman–Crippen LogP) is 3.31. The number of morpholine rings is 1. The fraction of sp³-hybridized carbons (Fsp3) is 1.00. The molecule has 1 aliphatic heterocycles. The standard InChI is InChI=1S/C14H29NO/c1-4-6-7-8-9-13(5-2)14-12-15(3)10-11-16-14/h13-14H,4-12H2,1-3H3. The molecule has 0 aromatic rings. The van der Waals surface area contributed by atoms with Crippen molar-refractivity contribution < 1.29 is 4.74 Å². The van der Waals surface area contributed by atoms with E-state index in [-0.39, 0.29) is 0 Å². The summed E-state index contributed by atoms with van der Waals surface area (Å²) in [6.45, 7) is 7.74. The zero-order valence-corrected chi connectivity index (χ0v) is 11.4. The molecule has 0 aromatic carbocycles. The summed E-state index contributed by atoms with van der Waals surface area (Å²) in [4.78, 5) is 2.41. The summed E-state index contributed by atoms with van der Waals surface area (Å²) in [7, 11) is 2.21. The lowest BCUT2D eigenvalue weighted by molar-refractivity contribution is -0.0532. The third-order valence-electron chi connectivity index (χ3n) is 3.78. The van der Waals surface area contributed by atoms with Gasteiger partial charge in [0.1, 0.15) is 0 Å². The molecule has 16 heavy (non-hydrogen) atoms. The van der Waals surface area contributed by atoms with Crippen LogP contribution in [0.15, 0.2) is 0 Å². The Hall–Kier alpha value is -0.0800. The number of hydrogen-bond acceptors (Lipinski definition) is 2. The Labute approximate surface area is 101 Å². The Morgan fingerprint density at radius 2 is 2.06 bits per heavy atom. The molecule has 0 aromatic heterocycles. The predicted molar refractivity (Wildman–Crippen MR) is 69.8 cm³/mol. The average Bonchev–Trinajstić information content (AvgIpc) is 2.29. The van der Waals surface area contributed by atoms with Crippen molar-refractivity contribution in [1.82, 2.24) is 4.90 Å². The van der Waals surface area contributed by atoms with E-state index in [9.17, 15) is 0 Å². The number of hydrogen-bond donors (Lipinski definition) is 0. The van der Waals surface area contributed by atoms with Crippen LogP contribution in [0.4, 0.5) is 0 Å². The van der Waals surface area contributed by atoms with E-state index in [2.05, 4.69) is 25.8 Å².